The molecule has 1 aromatic heterocycles. The number of hydrogen-bond acceptors (Lipinski definition) is 2. The average molecular weight is 289 g/mol. The summed E-state index contributed by atoms with van der Waals surface area (Å²) in [4.78, 5) is 16.0. The zero-order valence-corrected chi connectivity index (χ0v) is 12.4. The number of carbonyl (C=O) groups is 1. The number of allylic oxidation sites excluding steroid dienone is 2. The van der Waals surface area contributed by atoms with Gasteiger partial charge in [0.25, 0.3) is 0 Å². The van der Waals surface area contributed by atoms with E-state index in [9.17, 15) is 4.79 Å². The first-order valence-corrected chi connectivity index (χ1v) is 8.01. The third kappa shape index (κ3) is 2.10. The highest BCUT2D eigenvalue weighted by molar-refractivity contribution is 5.76. The summed E-state index contributed by atoms with van der Waals surface area (Å²) in [7, 11) is 0. The van der Waals surface area contributed by atoms with Crippen LogP contribution in [0.2, 0.25) is 0 Å². The lowest BCUT2D eigenvalue weighted by Gasteiger charge is -2.36. The molecule has 0 N–H and O–H groups in total. The zero-order valence-electron chi connectivity index (χ0n) is 12.4. The van der Waals surface area contributed by atoms with Gasteiger partial charge in [0.05, 0.1) is 0 Å². The minimum atomic E-state index is 0.121. The average Bonchev–Trinajstić information content (AvgIpc) is 2.87. The first-order valence-electron chi connectivity index (χ1n) is 8.01. The van der Waals surface area contributed by atoms with Crippen molar-refractivity contribution >= 4 is 11.9 Å². The summed E-state index contributed by atoms with van der Waals surface area (Å²) in [5, 5.41) is 0. The summed E-state index contributed by atoms with van der Waals surface area (Å²) >= 11 is 0. The van der Waals surface area contributed by atoms with Crippen molar-refractivity contribution in [2.75, 3.05) is 0 Å². The van der Waals surface area contributed by atoms with Gasteiger partial charge >= 0.3 is 0 Å². The van der Waals surface area contributed by atoms with Crippen molar-refractivity contribution < 1.29 is 4.79 Å². The minimum absolute atomic E-state index is 0.121. The van der Waals surface area contributed by atoms with E-state index in [4.69, 9.17) is 0 Å². The molecule has 0 radical (unpaired) electrons. The topological polar surface area (TPSA) is 30.0 Å². The van der Waals surface area contributed by atoms with Crippen LogP contribution in [0.5, 0.6) is 0 Å². The first kappa shape index (κ1) is 13.4. The number of fused-ring (bicyclic) bond motifs is 2. The number of aromatic nitrogens is 1. The van der Waals surface area contributed by atoms with Crippen molar-refractivity contribution in [2.24, 2.45) is 17.8 Å². The Hall–Kier alpha value is -2.22. The van der Waals surface area contributed by atoms with E-state index in [-0.39, 0.29) is 5.92 Å². The van der Waals surface area contributed by atoms with Crippen LogP contribution in [0, 0.1) is 17.8 Å². The lowest BCUT2D eigenvalue weighted by Crippen LogP contribution is -2.29. The van der Waals surface area contributed by atoms with Crippen LogP contribution >= 0.6 is 0 Å². The van der Waals surface area contributed by atoms with Crippen molar-refractivity contribution in [2.45, 2.75) is 18.8 Å². The van der Waals surface area contributed by atoms with Crippen molar-refractivity contribution in [3.8, 4) is 0 Å². The van der Waals surface area contributed by atoms with Crippen molar-refractivity contribution in [3.63, 3.8) is 0 Å². The van der Waals surface area contributed by atoms with E-state index in [1.165, 1.54) is 23.0 Å². The van der Waals surface area contributed by atoms with Crippen LogP contribution in [0.4, 0.5) is 0 Å². The minimum Gasteiger partial charge on any atom is -0.303 e. The van der Waals surface area contributed by atoms with E-state index < -0.39 is 0 Å². The van der Waals surface area contributed by atoms with Gasteiger partial charge in [-0.15, -0.1) is 0 Å². The van der Waals surface area contributed by atoms with Crippen molar-refractivity contribution in [3.05, 3.63) is 72.1 Å². The number of benzene rings is 1. The monoisotopic (exact) mass is 289 g/mol. The van der Waals surface area contributed by atoms with Gasteiger partial charge < -0.3 is 4.79 Å². The molecular formula is C20H19NO. The third-order valence-electron chi connectivity index (χ3n) is 5.25. The lowest BCUT2D eigenvalue weighted by molar-refractivity contribution is -0.113. The summed E-state index contributed by atoms with van der Waals surface area (Å²) in [6, 6.07) is 14.7. The summed E-state index contributed by atoms with van der Waals surface area (Å²) in [6.07, 6.45) is 9.47. The van der Waals surface area contributed by atoms with E-state index in [2.05, 4.69) is 41.4 Å². The normalized spacial score (nSPS) is 29.9. The molecule has 0 unspecified atom stereocenters. The van der Waals surface area contributed by atoms with E-state index in [1.807, 2.05) is 24.5 Å². The van der Waals surface area contributed by atoms with Gasteiger partial charge in [0, 0.05) is 24.2 Å². The molecule has 110 valence electrons. The molecule has 2 nitrogen and oxygen atoms in total. The predicted octanol–water partition coefficient (Wildman–Crippen LogP) is 4.10. The van der Waals surface area contributed by atoms with E-state index in [0.717, 1.165) is 12.8 Å². The van der Waals surface area contributed by atoms with E-state index in [1.54, 1.807) is 0 Å². The second-order valence-corrected chi connectivity index (χ2v) is 6.37. The van der Waals surface area contributed by atoms with Crippen molar-refractivity contribution in [1.82, 2.24) is 4.98 Å². The summed E-state index contributed by atoms with van der Waals surface area (Å²) < 4.78 is 0. The molecule has 1 fully saturated rings. The van der Waals surface area contributed by atoms with Gasteiger partial charge in [-0.25, -0.2) is 0 Å². The van der Waals surface area contributed by atoms with E-state index >= 15 is 0 Å². The summed E-state index contributed by atoms with van der Waals surface area (Å²) in [5.74, 6) is 1.34. The highest BCUT2D eigenvalue weighted by Gasteiger charge is 2.46. The maximum atomic E-state index is 11.7. The Balaban J connectivity index is 1.79. The molecule has 22 heavy (non-hydrogen) atoms. The quantitative estimate of drug-likeness (QED) is 0.796. The Morgan fingerprint density at radius 2 is 1.86 bits per heavy atom. The lowest BCUT2D eigenvalue weighted by atomic mass is 9.67. The molecule has 2 aliphatic carbocycles. The smallest absolute Gasteiger partial charge is 0.123 e. The van der Waals surface area contributed by atoms with Crippen molar-refractivity contribution in [1.29, 1.82) is 0 Å². The van der Waals surface area contributed by atoms with Crippen LogP contribution in [0.3, 0.4) is 0 Å². The van der Waals surface area contributed by atoms with Crippen LogP contribution in [0.25, 0.3) is 5.57 Å². The number of nitrogens with zero attached hydrogens (tertiary/aromatic N) is 1. The molecule has 4 rings (SSSR count). The molecule has 0 aliphatic heterocycles. The van der Waals surface area contributed by atoms with Gasteiger partial charge in [-0.3, -0.25) is 4.98 Å². The number of pyridine rings is 1. The molecule has 2 bridgehead atoms. The van der Waals surface area contributed by atoms with Gasteiger partial charge in [0.1, 0.15) is 6.29 Å². The fourth-order valence-corrected chi connectivity index (χ4v) is 4.33. The maximum Gasteiger partial charge on any atom is 0.123 e. The fraction of sp³-hybridized carbons (Fsp3) is 0.300. The Morgan fingerprint density at radius 3 is 2.59 bits per heavy atom. The Morgan fingerprint density at radius 1 is 1.00 bits per heavy atom. The SMILES string of the molecule is O=C[C@@H]1CC[C@@H]2C=C(c3ccccc3)[C@H]1[C@@H]2c1cccnc1. The molecular weight excluding hydrogens is 270 g/mol. The number of aldehydes is 1. The zero-order chi connectivity index (χ0) is 14.9. The number of rotatable bonds is 3. The fourth-order valence-electron chi connectivity index (χ4n) is 4.33. The van der Waals surface area contributed by atoms with Gasteiger partial charge in [-0.05, 0) is 47.4 Å². The number of hydrogen-bond donors (Lipinski definition) is 0. The van der Waals surface area contributed by atoms with Gasteiger partial charge in [0.2, 0.25) is 0 Å². The largest absolute Gasteiger partial charge is 0.303 e. The molecule has 2 aliphatic rings. The number of carbonyl (C=O) groups excluding carboxylic acids is 1. The second kappa shape index (κ2) is 5.53. The van der Waals surface area contributed by atoms with Crippen LogP contribution in [0.15, 0.2) is 60.9 Å². The summed E-state index contributed by atoms with van der Waals surface area (Å²) in [6.45, 7) is 0. The highest BCUT2D eigenvalue weighted by atomic mass is 16.1. The standard InChI is InChI=1S/C20H19NO/c22-13-17-9-8-15-11-18(14-5-2-1-3-6-14)20(17)19(15)16-7-4-10-21-12-16/h1-7,10-13,15,17,19-20H,8-9H2/t15-,17+,19+,20+/m1/s1. The van der Waals surface area contributed by atoms with Crippen LogP contribution in [0.1, 0.15) is 29.9 Å². The predicted molar refractivity (Wildman–Crippen MR) is 87.2 cm³/mol. The van der Waals surface area contributed by atoms with Gasteiger partial charge in [-0.2, -0.15) is 0 Å². The van der Waals surface area contributed by atoms with Crippen LogP contribution in [-0.2, 0) is 4.79 Å². The third-order valence-corrected chi connectivity index (χ3v) is 5.25. The van der Waals surface area contributed by atoms with Gasteiger partial charge in [0.15, 0.2) is 0 Å². The van der Waals surface area contributed by atoms with Crippen LogP contribution in [-0.4, -0.2) is 11.3 Å². The first-order chi connectivity index (χ1) is 10.9. The molecule has 2 heteroatoms. The van der Waals surface area contributed by atoms with Gasteiger partial charge in [-0.1, -0.05) is 42.5 Å². The van der Waals surface area contributed by atoms with Crippen LogP contribution < -0.4 is 0 Å². The molecule has 2 aromatic rings. The molecule has 0 spiro atoms. The Labute approximate surface area is 130 Å². The molecule has 4 atom stereocenters. The molecule has 1 heterocycles. The second-order valence-electron chi connectivity index (χ2n) is 6.37. The summed E-state index contributed by atoms with van der Waals surface area (Å²) in [5.41, 5.74) is 3.89. The molecule has 1 saturated carbocycles. The maximum absolute atomic E-state index is 11.7. The molecule has 1 aromatic carbocycles. The Bertz CT molecular complexity index is 692. The van der Waals surface area contributed by atoms with E-state index in [0.29, 0.717) is 17.8 Å². The highest BCUT2D eigenvalue weighted by Crippen LogP contribution is 2.56. The molecule has 0 saturated heterocycles. The molecule has 0 amide bonds. The Kier molecular flexibility index (Phi) is 3.38.